The van der Waals surface area contributed by atoms with Crippen LogP contribution in [0.5, 0.6) is 0 Å². The zero-order valence-electron chi connectivity index (χ0n) is 13.7. The fourth-order valence-corrected chi connectivity index (χ4v) is 2.51. The molecule has 0 aromatic heterocycles. The standard InChI is InChI=1S/C16H26N2O2/c1-15(2,3)8-9-18-13(16(4,5)6)12(20-7)11(10-17)14(18)19/h13H,8-9H2,1-7H3/t13-/m1/s1. The summed E-state index contributed by atoms with van der Waals surface area (Å²) < 4.78 is 5.38. The first-order valence-corrected chi connectivity index (χ1v) is 7.02. The Morgan fingerprint density at radius 1 is 1.25 bits per heavy atom. The summed E-state index contributed by atoms with van der Waals surface area (Å²) in [6.45, 7) is 13.3. The zero-order chi connectivity index (χ0) is 15.7. The summed E-state index contributed by atoms with van der Waals surface area (Å²) in [4.78, 5) is 14.2. The van der Waals surface area contributed by atoms with Crippen LogP contribution in [0.1, 0.15) is 48.0 Å². The summed E-state index contributed by atoms with van der Waals surface area (Å²) in [5, 5.41) is 9.23. The molecular weight excluding hydrogens is 252 g/mol. The number of nitrogens with zero attached hydrogens (tertiary/aromatic N) is 2. The molecule has 112 valence electrons. The molecule has 0 unspecified atom stereocenters. The van der Waals surface area contributed by atoms with Crippen LogP contribution >= 0.6 is 0 Å². The highest BCUT2D eigenvalue weighted by atomic mass is 16.5. The van der Waals surface area contributed by atoms with Crippen molar-refractivity contribution in [2.24, 2.45) is 10.8 Å². The van der Waals surface area contributed by atoms with Gasteiger partial charge in [-0.25, -0.2) is 0 Å². The Morgan fingerprint density at radius 3 is 2.15 bits per heavy atom. The van der Waals surface area contributed by atoms with Gasteiger partial charge in [-0.05, 0) is 17.3 Å². The number of carbonyl (C=O) groups is 1. The number of hydrogen-bond acceptors (Lipinski definition) is 3. The van der Waals surface area contributed by atoms with Crippen LogP contribution in [0.15, 0.2) is 11.3 Å². The lowest BCUT2D eigenvalue weighted by Crippen LogP contribution is -2.45. The largest absolute Gasteiger partial charge is 0.497 e. The monoisotopic (exact) mass is 278 g/mol. The summed E-state index contributed by atoms with van der Waals surface area (Å²) in [7, 11) is 1.53. The van der Waals surface area contributed by atoms with Crippen LogP contribution in [0.3, 0.4) is 0 Å². The maximum atomic E-state index is 12.4. The van der Waals surface area contributed by atoms with Gasteiger partial charge in [-0.15, -0.1) is 0 Å². The number of ether oxygens (including phenoxy) is 1. The van der Waals surface area contributed by atoms with E-state index in [4.69, 9.17) is 4.74 Å². The van der Waals surface area contributed by atoms with E-state index in [-0.39, 0.29) is 28.4 Å². The highest BCUT2D eigenvalue weighted by molar-refractivity contribution is 6.01. The molecule has 0 aliphatic carbocycles. The van der Waals surface area contributed by atoms with Crippen LogP contribution in [0.2, 0.25) is 0 Å². The van der Waals surface area contributed by atoms with Crippen molar-refractivity contribution in [3.8, 4) is 6.07 Å². The molecule has 0 spiro atoms. The second-order valence-electron chi connectivity index (χ2n) is 7.63. The highest BCUT2D eigenvalue weighted by Crippen LogP contribution is 2.38. The molecule has 0 aromatic carbocycles. The number of carbonyl (C=O) groups excluding carboxylic acids is 1. The van der Waals surface area contributed by atoms with Gasteiger partial charge in [0.2, 0.25) is 0 Å². The van der Waals surface area contributed by atoms with Gasteiger partial charge in [0.05, 0.1) is 13.2 Å². The fraction of sp³-hybridized carbons (Fsp3) is 0.750. The minimum absolute atomic E-state index is 0.144. The van der Waals surface area contributed by atoms with E-state index in [9.17, 15) is 10.1 Å². The van der Waals surface area contributed by atoms with Crippen LogP contribution < -0.4 is 0 Å². The predicted molar refractivity (Wildman–Crippen MR) is 78.7 cm³/mol. The van der Waals surface area contributed by atoms with Gasteiger partial charge in [0.15, 0.2) is 5.57 Å². The zero-order valence-corrected chi connectivity index (χ0v) is 13.7. The molecule has 0 aromatic rings. The van der Waals surface area contributed by atoms with E-state index in [2.05, 4.69) is 41.5 Å². The van der Waals surface area contributed by atoms with Gasteiger partial charge in [-0.1, -0.05) is 41.5 Å². The van der Waals surface area contributed by atoms with Crippen molar-refractivity contribution < 1.29 is 9.53 Å². The Bertz CT molecular complexity index is 458. The lowest BCUT2D eigenvalue weighted by Gasteiger charge is -2.37. The summed E-state index contributed by atoms with van der Waals surface area (Å²) in [6, 6.07) is 1.84. The quantitative estimate of drug-likeness (QED) is 0.797. The van der Waals surface area contributed by atoms with Crippen molar-refractivity contribution in [3.05, 3.63) is 11.3 Å². The van der Waals surface area contributed by atoms with Crippen molar-refractivity contribution in [1.82, 2.24) is 4.90 Å². The fourth-order valence-electron chi connectivity index (χ4n) is 2.51. The predicted octanol–water partition coefficient (Wildman–Crippen LogP) is 3.10. The maximum absolute atomic E-state index is 12.4. The third-order valence-electron chi connectivity index (χ3n) is 3.54. The normalized spacial score (nSPS) is 20.4. The van der Waals surface area contributed by atoms with Gasteiger partial charge in [0.25, 0.3) is 5.91 Å². The maximum Gasteiger partial charge on any atom is 0.268 e. The number of amides is 1. The molecule has 0 saturated heterocycles. The minimum atomic E-state index is -0.200. The lowest BCUT2D eigenvalue weighted by atomic mass is 9.84. The van der Waals surface area contributed by atoms with Gasteiger partial charge < -0.3 is 9.64 Å². The molecule has 4 heteroatoms. The molecule has 1 atom stereocenters. The van der Waals surface area contributed by atoms with Crippen LogP contribution in [0, 0.1) is 22.2 Å². The smallest absolute Gasteiger partial charge is 0.268 e. The van der Waals surface area contributed by atoms with E-state index in [1.54, 1.807) is 4.90 Å². The third-order valence-corrected chi connectivity index (χ3v) is 3.54. The summed E-state index contributed by atoms with van der Waals surface area (Å²) in [6.07, 6.45) is 0.890. The summed E-state index contributed by atoms with van der Waals surface area (Å²) in [5.74, 6) is 0.312. The molecule has 1 heterocycles. The summed E-state index contributed by atoms with van der Waals surface area (Å²) in [5.41, 5.74) is 0.129. The van der Waals surface area contributed by atoms with Crippen LogP contribution in [-0.4, -0.2) is 30.5 Å². The molecule has 1 aliphatic rings. The summed E-state index contributed by atoms with van der Waals surface area (Å²) >= 11 is 0. The van der Waals surface area contributed by atoms with E-state index in [1.807, 2.05) is 6.07 Å². The first kappa shape index (κ1) is 16.6. The van der Waals surface area contributed by atoms with Crippen molar-refractivity contribution in [1.29, 1.82) is 5.26 Å². The molecule has 0 radical (unpaired) electrons. The topological polar surface area (TPSA) is 53.3 Å². The van der Waals surface area contributed by atoms with E-state index in [1.165, 1.54) is 7.11 Å². The molecule has 4 nitrogen and oxygen atoms in total. The van der Waals surface area contributed by atoms with E-state index in [0.717, 1.165) is 6.42 Å². The molecule has 0 N–H and O–H groups in total. The molecule has 1 amide bonds. The number of methoxy groups -OCH3 is 1. The lowest BCUT2D eigenvalue weighted by molar-refractivity contribution is -0.128. The molecule has 1 aliphatic heterocycles. The number of hydrogen-bond donors (Lipinski definition) is 0. The van der Waals surface area contributed by atoms with Gasteiger partial charge in [0.1, 0.15) is 11.8 Å². The second-order valence-corrected chi connectivity index (χ2v) is 7.63. The van der Waals surface area contributed by atoms with Gasteiger partial charge >= 0.3 is 0 Å². The highest BCUT2D eigenvalue weighted by Gasteiger charge is 2.46. The Kier molecular flexibility index (Phi) is 4.53. The first-order valence-electron chi connectivity index (χ1n) is 7.02. The van der Waals surface area contributed by atoms with Crippen LogP contribution in [0.25, 0.3) is 0 Å². The number of rotatable bonds is 3. The SMILES string of the molecule is COC1=C(C#N)C(=O)N(CCC(C)(C)C)[C@H]1C(C)(C)C. The van der Waals surface area contributed by atoms with Crippen molar-refractivity contribution in [3.63, 3.8) is 0 Å². The molecule has 1 rings (SSSR count). The third kappa shape index (κ3) is 3.33. The van der Waals surface area contributed by atoms with Crippen molar-refractivity contribution in [2.45, 2.75) is 54.0 Å². The Balaban J connectivity index is 3.13. The molecule has 0 bridgehead atoms. The average Bonchev–Trinajstić information content (AvgIpc) is 2.57. The Morgan fingerprint density at radius 2 is 1.80 bits per heavy atom. The first-order chi connectivity index (χ1) is 9.03. The van der Waals surface area contributed by atoms with E-state index in [0.29, 0.717) is 12.3 Å². The van der Waals surface area contributed by atoms with Gasteiger partial charge in [-0.2, -0.15) is 5.26 Å². The van der Waals surface area contributed by atoms with Crippen LogP contribution in [-0.2, 0) is 9.53 Å². The second kappa shape index (κ2) is 5.47. The number of nitriles is 1. The van der Waals surface area contributed by atoms with Gasteiger partial charge in [0, 0.05) is 6.54 Å². The average molecular weight is 278 g/mol. The van der Waals surface area contributed by atoms with Crippen molar-refractivity contribution in [2.75, 3.05) is 13.7 Å². The molecule has 0 saturated carbocycles. The molecular formula is C16H26N2O2. The Hall–Kier alpha value is -1.50. The minimum Gasteiger partial charge on any atom is -0.497 e. The van der Waals surface area contributed by atoms with Crippen LogP contribution in [0.4, 0.5) is 0 Å². The van der Waals surface area contributed by atoms with Gasteiger partial charge in [-0.3, -0.25) is 4.79 Å². The molecule has 0 fully saturated rings. The van der Waals surface area contributed by atoms with E-state index >= 15 is 0 Å². The van der Waals surface area contributed by atoms with E-state index < -0.39 is 0 Å². The molecule has 20 heavy (non-hydrogen) atoms. The Labute approximate surface area is 122 Å². The van der Waals surface area contributed by atoms with Crippen molar-refractivity contribution >= 4 is 5.91 Å².